The summed E-state index contributed by atoms with van der Waals surface area (Å²) < 4.78 is 30.1. The summed E-state index contributed by atoms with van der Waals surface area (Å²) in [6.45, 7) is 3.93. The van der Waals surface area contributed by atoms with Crippen molar-refractivity contribution < 1.29 is 13.5 Å². The average molecular weight is 520 g/mol. The Labute approximate surface area is 215 Å². The van der Waals surface area contributed by atoms with Gasteiger partial charge in [-0.2, -0.15) is 4.98 Å². The van der Waals surface area contributed by atoms with E-state index in [1.807, 2.05) is 44.2 Å². The molecule has 0 aliphatic carbocycles. The van der Waals surface area contributed by atoms with E-state index in [2.05, 4.69) is 4.98 Å². The maximum Gasteiger partial charge on any atom is 0.296 e. The van der Waals surface area contributed by atoms with Gasteiger partial charge in [-0.05, 0) is 48.7 Å². The maximum atomic E-state index is 13.6. The van der Waals surface area contributed by atoms with Crippen LogP contribution in [0, 0.1) is 0 Å². The van der Waals surface area contributed by atoms with Crippen molar-refractivity contribution in [3.63, 3.8) is 0 Å². The van der Waals surface area contributed by atoms with E-state index in [-0.39, 0.29) is 10.5 Å². The molecular formula is C28H29N3O5S. The van der Waals surface area contributed by atoms with Gasteiger partial charge in [0.25, 0.3) is 11.1 Å². The molecule has 4 rings (SSSR count). The summed E-state index contributed by atoms with van der Waals surface area (Å²) in [6, 6.07) is 19.3. The van der Waals surface area contributed by atoms with Crippen LogP contribution in [-0.2, 0) is 16.3 Å². The zero-order chi connectivity index (χ0) is 26.6. The molecule has 0 amide bonds. The molecule has 0 saturated carbocycles. The Kier molecular flexibility index (Phi) is 7.73. The molecule has 0 fully saturated rings. The fraction of sp³-hybridized carbons (Fsp3) is 0.250. The fourth-order valence-electron chi connectivity index (χ4n) is 4.41. The molecule has 2 heterocycles. The number of pyridine rings is 1. The Hall–Kier alpha value is -3.98. The second-order valence-corrected chi connectivity index (χ2v) is 10.6. The molecule has 2 aromatic heterocycles. The summed E-state index contributed by atoms with van der Waals surface area (Å²) in [5.41, 5.74) is 0.0713. The Morgan fingerprint density at radius 3 is 2.22 bits per heavy atom. The lowest BCUT2D eigenvalue weighted by Crippen LogP contribution is -2.27. The summed E-state index contributed by atoms with van der Waals surface area (Å²) in [6.07, 6.45) is 4.10. The first-order valence-electron chi connectivity index (χ1n) is 12.2. The van der Waals surface area contributed by atoms with E-state index >= 15 is 0 Å². The highest BCUT2D eigenvalue weighted by molar-refractivity contribution is 7.91. The molecule has 8 nitrogen and oxygen atoms in total. The van der Waals surface area contributed by atoms with Crippen LogP contribution in [0.1, 0.15) is 50.5 Å². The Morgan fingerprint density at radius 2 is 1.59 bits per heavy atom. The van der Waals surface area contributed by atoms with Gasteiger partial charge < -0.3 is 5.11 Å². The van der Waals surface area contributed by atoms with Crippen molar-refractivity contribution in [2.24, 2.45) is 0 Å². The van der Waals surface area contributed by atoms with Gasteiger partial charge in [0.15, 0.2) is 4.90 Å². The van der Waals surface area contributed by atoms with Crippen LogP contribution in [0.15, 0.2) is 98.4 Å². The monoisotopic (exact) mass is 519 g/mol. The van der Waals surface area contributed by atoms with Gasteiger partial charge in [0.2, 0.25) is 15.7 Å². The minimum atomic E-state index is -4.43. The molecule has 0 aliphatic heterocycles. The number of sulfone groups is 1. The van der Waals surface area contributed by atoms with Crippen molar-refractivity contribution in [2.75, 3.05) is 0 Å². The summed E-state index contributed by atoms with van der Waals surface area (Å²) in [5, 5.41) is 11.4. The van der Waals surface area contributed by atoms with Gasteiger partial charge in [0.05, 0.1) is 10.9 Å². The maximum absolute atomic E-state index is 13.6. The molecular weight excluding hydrogens is 490 g/mol. The molecule has 2 aromatic carbocycles. The number of unbranched alkanes of at least 4 members (excludes halogenated alkanes) is 1. The number of rotatable bonds is 9. The molecule has 37 heavy (non-hydrogen) atoms. The third-order valence-electron chi connectivity index (χ3n) is 6.29. The second kappa shape index (κ2) is 11.0. The van der Waals surface area contributed by atoms with Crippen molar-refractivity contribution in [3.8, 4) is 11.6 Å². The van der Waals surface area contributed by atoms with Crippen LogP contribution in [0.2, 0.25) is 0 Å². The van der Waals surface area contributed by atoms with Crippen molar-refractivity contribution >= 4 is 9.84 Å². The van der Waals surface area contributed by atoms with Gasteiger partial charge in [0, 0.05) is 24.4 Å². The van der Waals surface area contributed by atoms with Crippen molar-refractivity contribution in [1.29, 1.82) is 0 Å². The van der Waals surface area contributed by atoms with Crippen LogP contribution < -0.4 is 11.1 Å². The van der Waals surface area contributed by atoms with Gasteiger partial charge in [0.1, 0.15) is 5.82 Å². The van der Waals surface area contributed by atoms with Crippen LogP contribution in [0.4, 0.5) is 0 Å². The quantitative estimate of drug-likeness (QED) is 0.353. The molecule has 0 spiro atoms. The summed E-state index contributed by atoms with van der Waals surface area (Å²) in [4.78, 5) is 28.4. The molecule has 1 N–H and O–H groups in total. The Bertz CT molecular complexity index is 1610. The highest BCUT2D eigenvalue weighted by Gasteiger charge is 2.31. The van der Waals surface area contributed by atoms with E-state index < -0.39 is 32.2 Å². The van der Waals surface area contributed by atoms with Crippen molar-refractivity contribution in [1.82, 2.24) is 14.1 Å². The number of aromatic nitrogens is 3. The number of benzene rings is 2. The number of hydrogen-bond donors (Lipinski definition) is 1. The normalized spacial score (nSPS) is 12.4. The first-order valence-corrected chi connectivity index (χ1v) is 13.7. The largest absolute Gasteiger partial charge is 0.493 e. The average Bonchev–Trinajstić information content (AvgIpc) is 2.90. The van der Waals surface area contributed by atoms with Gasteiger partial charge in [-0.25, -0.2) is 8.42 Å². The highest BCUT2D eigenvalue weighted by atomic mass is 32.2. The third kappa shape index (κ3) is 5.13. The Morgan fingerprint density at radius 1 is 0.919 bits per heavy atom. The van der Waals surface area contributed by atoms with Gasteiger partial charge in [-0.3, -0.25) is 18.7 Å². The minimum absolute atomic E-state index is 0.185. The summed E-state index contributed by atoms with van der Waals surface area (Å²) in [5.74, 6) is -0.275. The van der Waals surface area contributed by atoms with Crippen LogP contribution in [0.5, 0.6) is 5.88 Å². The fourth-order valence-corrected chi connectivity index (χ4v) is 5.75. The molecule has 0 saturated heterocycles. The molecule has 9 heteroatoms. The molecule has 192 valence electrons. The van der Waals surface area contributed by atoms with E-state index in [4.69, 9.17) is 0 Å². The lowest BCUT2D eigenvalue weighted by Gasteiger charge is -2.25. The SMILES string of the molecule is CCCCc1nc(=O)c(S(=O)(=O)c2ccc(-n3ccccc3=O)cc2)c(O)n1[C@@H](CC)c1ccccc1. The molecule has 0 bridgehead atoms. The van der Waals surface area contributed by atoms with Crippen LogP contribution in [0.3, 0.4) is 0 Å². The summed E-state index contributed by atoms with van der Waals surface area (Å²) >= 11 is 0. The van der Waals surface area contributed by atoms with Crippen LogP contribution in [0.25, 0.3) is 5.69 Å². The van der Waals surface area contributed by atoms with Gasteiger partial charge >= 0.3 is 0 Å². The lowest BCUT2D eigenvalue weighted by atomic mass is 10.0. The predicted molar refractivity (Wildman–Crippen MR) is 141 cm³/mol. The molecule has 0 radical (unpaired) electrons. The summed E-state index contributed by atoms with van der Waals surface area (Å²) in [7, 11) is -4.43. The van der Waals surface area contributed by atoms with Crippen LogP contribution >= 0.6 is 0 Å². The first-order chi connectivity index (χ1) is 17.8. The minimum Gasteiger partial charge on any atom is -0.493 e. The van der Waals surface area contributed by atoms with Crippen LogP contribution in [-0.4, -0.2) is 27.6 Å². The predicted octanol–water partition coefficient (Wildman–Crippen LogP) is 4.27. The zero-order valence-corrected chi connectivity index (χ0v) is 21.6. The molecule has 4 aromatic rings. The van der Waals surface area contributed by atoms with Crippen molar-refractivity contribution in [3.05, 3.63) is 111 Å². The number of hydrogen-bond acceptors (Lipinski definition) is 6. The van der Waals surface area contributed by atoms with E-state index in [0.717, 1.165) is 18.4 Å². The lowest BCUT2D eigenvalue weighted by molar-refractivity contribution is 0.358. The standard InChI is InChI=1S/C28H29N3O5S/c1-3-5-13-24-29-27(33)26(28(34)31(24)23(4-2)20-11-7-6-8-12-20)37(35,36)22-17-15-21(16-18-22)30-19-10-9-14-25(30)32/h6-12,14-19,23,34H,3-5,13H2,1-2H3/t23-/m0/s1. The Balaban J connectivity index is 1.87. The number of nitrogens with zero attached hydrogens (tertiary/aromatic N) is 3. The van der Waals surface area contributed by atoms with E-state index in [1.165, 1.54) is 39.5 Å². The second-order valence-electron chi connectivity index (χ2n) is 8.70. The van der Waals surface area contributed by atoms with E-state index in [9.17, 15) is 23.1 Å². The van der Waals surface area contributed by atoms with E-state index in [0.29, 0.717) is 24.4 Å². The molecule has 0 unspecified atom stereocenters. The zero-order valence-electron chi connectivity index (χ0n) is 20.7. The molecule has 0 aliphatic rings. The van der Waals surface area contributed by atoms with E-state index in [1.54, 1.807) is 18.3 Å². The smallest absolute Gasteiger partial charge is 0.296 e. The third-order valence-corrected chi connectivity index (χ3v) is 8.07. The van der Waals surface area contributed by atoms with Crippen molar-refractivity contribution in [2.45, 2.75) is 55.4 Å². The number of aryl methyl sites for hydroxylation is 1. The number of aromatic hydroxyl groups is 1. The highest BCUT2D eigenvalue weighted by Crippen LogP contribution is 2.33. The topological polar surface area (TPSA) is 111 Å². The van der Waals surface area contributed by atoms with Gasteiger partial charge in [-0.15, -0.1) is 0 Å². The van der Waals surface area contributed by atoms with Gasteiger partial charge in [-0.1, -0.05) is 56.7 Å². The first kappa shape index (κ1) is 26.1. The molecule has 1 atom stereocenters.